The maximum atomic E-state index is 10.3. The molecule has 1 heterocycles. The summed E-state index contributed by atoms with van der Waals surface area (Å²) in [6.07, 6.45) is 2.94. The van der Waals surface area contributed by atoms with Gasteiger partial charge in [0.2, 0.25) is 0 Å². The van der Waals surface area contributed by atoms with Gasteiger partial charge < -0.3 is 10.0 Å². The van der Waals surface area contributed by atoms with Gasteiger partial charge in [-0.1, -0.05) is 6.08 Å². The van der Waals surface area contributed by atoms with Crippen LogP contribution < -0.4 is 0 Å². The third-order valence-corrected chi connectivity index (χ3v) is 2.95. The van der Waals surface area contributed by atoms with Crippen LogP contribution >= 0.6 is 0 Å². The van der Waals surface area contributed by atoms with Crippen molar-refractivity contribution in [1.82, 2.24) is 14.7 Å². The van der Waals surface area contributed by atoms with E-state index in [-0.39, 0.29) is 0 Å². The zero-order valence-corrected chi connectivity index (χ0v) is 10.8. The van der Waals surface area contributed by atoms with Crippen molar-refractivity contribution in [2.45, 2.75) is 0 Å². The van der Waals surface area contributed by atoms with E-state index in [9.17, 15) is 4.79 Å². The van der Waals surface area contributed by atoms with Gasteiger partial charge in [-0.2, -0.15) is 0 Å². The van der Waals surface area contributed by atoms with Crippen molar-refractivity contribution in [2.24, 2.45) is 0 Å². The lowest BCUT2D eigenvalue weighted by Gasteiger charge is -2.34. The minimum atomic E-state index is -0.866. The molecule has 0 aromatic heterocycles. The Bertz CT molecular complexity index is 258. The van der Waals surface area contributed by atoms with Gasteiger partial charge in [0.25, 0.3) is 0 Å². The van der Waals surface area contributed by atoms with Crippen molar-refractivity contribution in [3.63, 3.8) is 0 Å². The molecule has 0 radical (unpaired) electrons. The lowest BCUT2D eigenvalue weighted by atomic mass is 10.3. The summed E-state index contributed by atoms with van der Waals surface area (Å²) in [5.41, 5.74) is 0. The van der Waals surface area contributed by atoms with Crippen LogP contribution in [0.4, 0.5) is 0 Å². The topological polar surface area (TPSA) is 47.0 Å². The van der Waals surface area contributed by atoms with Gasteiger partial charge in [-0.25, -0.2) is 4.79 Å². The Balaban J connectivity index is 2.15. The maximum Gasteiger partial charge on any atom is 0.328 e. The molecule has 0 atom stereocenters. The maximum absolute atomic E-state index is 10.3. The predicted octanol–water partition coefficient (Wildman–Crippen LogP) is -0.194. The molecule has 0 saturated carbocycles. The van der Waals surface area contributed by atoms with Gasteiger partial charge in [-0.05, 0) is 14.1 Å². The fourth-order valence-corrected chi connectivity index (χ4v) is 1.84. The van der Waals surface area contributed by atoms with Gasteiger partial charge in [0, 0.05) is 51.9 Å². The molecule has 98 valence electrons. The van der Waals surface area contributed by atoms with Gasteiger partial charge in [0.15, 0.2) is 0 Å². The van der Waals surface area contributed by atoms with Gasteiger partial charge >= 0.3 is 5.97 Å². The molecule has 0 spiro atoms. The van der Waals surface area contributed by atoms with E-state index in [4.69, 9.17) is 5.11 Å². The smallest absolute Gasteiger partial charge is 0.328 e. The van der Waals surface area contributed by atoms with Gasteiger partial charge in [-0.15, -0.1) is 0 Å². The normalized spacial score (nSPS) is 19.2. The fraction of sp³-hybridized carbons (Fsp3) is 0.750. The monoisotopic (exact) mass is 241 g/mol. The second-order valence-corrected chi connectivity index (χ2v) is 4.69. The van der Waals surface area contributed by atoms with Crippen LogP contribution in [0, 0.1) is 0 Å². The van der Waals surface area contributed by atoms with Crippen LogP contribution in [0.15, 0.2) is 12.2 Å². The van der Waals surface area contributed by atoms with Crippen LogP contribution in [-0.2, 0) is 4.79 Å². The Hall–Kier alpha value is -0.910. The number of hydrogen-bond acceptors (Lipinski definition) is 4. The van der Waals surface area contributed by atoms with Crippen LogP contribution in [0.3, 0.4) is 0 Å². The Morgan fingerprint density at radius 1 is 1.24 bits per heavy atom. The van der Waals surface area contributed by atoms with Crippen LogP contribution in [0.25, 0.3) is 0 Å². The summed E-state index contributed by atoms with van der Waals surface area (Å²) in [4.78, 5) is 17.3. The molecule has 1 aliphatic heterocycles. The van der Waals surface area contributed by atoms with Gasteiger partial charge in [-0.3, -0.25) is 9.80 Å². The van der Waals surface area contributed by atoms with Crippen molar-refractivity contribution in [2.75, 3.05) is 59.9 Å². The molecule has 0 amide bonds. The highest BCUT2D eigenvalue weighted by Crippen LogP contribution is 2.01. The number of aliphatic carboxylic acids is 1. The van der Waals surface area contributed by atoms with E-state index in [1.54, 1.807) is 6.08 Å². The minimum absolute atomic E-state index is 0.744. The number of nitrogens with zero attached hydrogens (tertiary/aromatic N) is 3. The average molecular weight is 241 g/mol. The van der Waals surface area contributed by atoms with Gasteiger partial charge in [0.05, 0.1) is 0 Å². The van der Waals surface area contributed by atoms with Gasteiger partial charge in [0.1, 0.15) is 0 Å². The summed E-state index contributed by atoms with van der Waals surface area (Å²) in [5, 5.41) is 8.49. The molecule has 0 bridgehead atoms. The number of piperazine rings is 1. The van der Waals surface area contributed by atoms with E-state index in [1.165, 1.54) is 6.08 Å². The summed E-state index contributed by atoms with van der Waals surface area (Å²) in [6, 6.07) is 0. The molecule has 1 aliphatic rings. The number of hydrogen-bond donors (Lipinski definition) is 1. The first-order valence-corrected chi connectivity index (χ1v) is 6.07. The van der Waals surface area contributed by atoms with E-state index in [0.29, 0.717) is 0 Å². The van der Waals surface area contributed by atoms with Crippen LogP contribution in [0.1, 0.15) is 0 Å². The Kier molecular flexibility index (Phi) is 6.18. The molecule has 17 heavy (non-hydrogen) atoms. The van der Waals surface area contributed by atoms with Crippen molar-refractivity contribution in [3.05, 3.63) is 12.2 Å². The molecule has 5 heteroatoms. The highest BCUT2D eigenvalue weighted by atomic mass is 16.4. The summed E-state index contributed by atoms with van der Waals surface area (Å²) in [6.45, 7) is 7.16. The molecule has 1 rings (SSSR count). The first-order valence-electron chi connectivity index (χ1n) is 6.07. The lowest BCUT2D eigenvalue weighted by molar-refractivity contribution is -0.131. The Morgan fingerprint density at radius 2 is 1.82 bits per heavy atom. The third-order valence-electron chi connectivity index (χ3n) is 2.95. The van der Waals surface area contributed by atoms with Crippen LogP contribution in [0.5, 0.6) is 0 Å². The number of carbonyl (C=O) groups is 1. The van der Waals surface area contributed by atoms with E-state index >= 15 is 0 Å². The number of carboxylic acids is 1. The summed E-state index contributed by atoms with van der Waals surface area (Å²) >= 11 is 0. The lowest BCUT2D eigenvalue weighted by Crippen LogP contribution is -2.47. The van der Waals surface area contributed by atoms with Crippen molar-refractivity contribution in [1.29, 1.82) is 0 Å². The van der Waals surface area contributed by atoms with E-state index < -0.39 is 5.97 Å². The zero-order chi connectivity index (χ0) is 12.7. The number of rotatable bonds is 6. The van der Waals surface area contributed by atoms with Crippen molar-refractivity contribution in [3.8, 4) is 0 Å². The Labute approximate surface area is 103 Å². The highest BCUT2D eigenvalue weighted by molar-refractivity contribution is 5.79. The minimum Gasteiger partial charge on any atom is -0.478 e. The first kappa shape index (κ1) is 14.2. The molecule has 0 aliphatic carbocycles. The van der Waals surface area contributed by atoms with Crippen LogP contribution in [0.2, 0.25) is 0 Å². The zero-order valence-electron chi connectivity index (χ0n) is 10.8. The number of likely N-dealkylation sites (N-methyl/N-ethyl adjacent to an activating group) is 1. The predicted molar refractivity (Wildman–Crippen MR) is 68.2 cm³/mol. The number of carboxylic acid groups (broad SMARTS) is 1. The van der Waals surface area contributed by atoms with Crippen LogP contribution in [-0.4, -0.2) is 85.7 Å². The molecule has 1 N–H and O–H groups in total. The Morgan fingerprint density at radius 3 is 2.35 bits per heavy atom. The fourth-order valence-electron chi connectivity index (χ4n) is 1.84. The molecule has 1 fully saturated rings. The second kappa shape index (κ2) is 7.42. The van der Waals surface area contributed by atoms with Crippen molar-refractivity contribution < 1.29 is 9.90 Å². The molecular weight excluding hydrogens is 218 g/mol. The molecule has 0 unspecified atom stereocenters. The third kappa shape index (κ3) is 6.41. The highest BCUT2D eigenvalue weighted by Gasteiger charge is 2.15. The van der Waals surface area contributed by atoms with Crippen molar-refractivity contribution >= 4 is 5.97 Å². The first-order chi connectivity index (χ1) is 8.08. The second-order valence-electron chi connectivity index (χ2n) is 4.69. The molecule has 0 aromatic rings. The molecule has 0 aromatic carbocycles. The summed E-state index contributed by atoms with van der Waals surface area (Å²) in [5.74, 6) is -0.866. The molecule has 5 nitrogen and oxygen atoms in total. The molecule has 1 saturated heterocycles. The summed E-state index contributed by atoms with van der Waals surface area (Å²) in [7, 11) is 4.18. The quantitative estimate of drug-likeness (QED) is 0.653. The van der Waals surface area contributed by atoms with E-state index in [2.05, 4.69) is 28.8 Å². The average Bonchev–Trinajstić information content (AvgIpc) is 2.27. The summed E-state index contributed by atoms with van der Waals surface area (Å²) < 4.78 is 0. The van der Waals surface area contributed by atoms with E-state index in [0.717, 1.165) is 45.8 Å². The standard InChI is InChI=1S/C12H23N3O2/c1-13(2)6-7-15-10-8-14(9-11-15)5-3-4-12(16)17/h3-4H,5-11H2,1-2H3,(H,16,17). The SMILES string of the molecule is CN(C)CCN1CCN(CC=CC(=O)O)CC1. The molecular formula is C12H23N3O2. The largest absolute Gasteiger partial charge is 0.478 e. The van der Waals surface area contributed by atoms with E-state index in [1.807, 2.05) is 0 Å².